The van der Waals surface area contributed by atoms with Gasteiger partial charge in [0.25, 0.3) is 0 Å². The van der Waals surface area contributed by atoms with Crippen LogP contribution in [0.3, 0.4) is 0 Å². The third kappa shape index (κ3) is 4.59. The summed E-state index contributed by atoms with van der Waals surface area (Å²) in [7, 11) is 0. The van der Waals surface area contributed by atoms with Gasteiger partial charge in [-0.05, 0) is 75.6 Å². The van der Waals surface area contributed by atoms with Crippen molar-refractivity contribution in [2.75, 3.05) is 13.2 Å². The van der Waals surface area contributed by atoms with Crippen molar-refractivity contribution in [3.8, 4) is 22.5 Å². The van der Waals surface area contributed by atoms with Gasteiger partial charge in [-0.3, -0.25) is 0 Å². The van der Waals surface area contributed by atoms with Crippen molar-refractivity contribution in [2.24, 2.45) is 5.73 Å². The first-order chi connectivity index (χ1) is 15.8. The molecule has 34 heavy (non-hydrogen) atoms. The van der Waals surface area contributed by atoms with Gasteiger partial charge in [-0.25, -0.2) is 9.79 Å². The molecule has 0 amide bonds. The summed E-state index contributed by atoms with van der Waals surface area (Å²) in [5.74, 6) is 0.414. The first-order valence-electron chi connectivity index (χ1n) is 11.5. The molecule has 1 atom stereocenters. The Balaban J connectivity index is 0.00000324. The highest BCUT2D eigenvalue weighted by molar-refractivity contribution is 6.08. The predicted octanol–water partition coefficient (Wildman–Crippen LogP) is 1.02. The first-order valence-corrected chi connectivity index (χ1v) is 11.5. The van der Waals surface area contributed by atoms with Crippen LogP contribution in [0.15, 0.2) is 52.9 Å². The average molecular weight is 479 g/mol. The highest BCUT2D eigenvalue weighted by atomic mass is 35.5. The van der Waals surface area contributed by atoms with Gasteiger partial charge in [-0.1, -0.05) is 18.2 Å². The van der Waals surface area contributed by atoms with Gasteiger partial charge in [0.05, 0.1) is 18.2 Å². The average Bonchev–Trinajstić information content (AvgIpc) is 2.78. The van der Waals surface area contributed by atoms with Gasteiger partial charge in [-0.15, -0.1) is 0 Å². The molecule has 2 aliphatic rings. The van der Waals surface area contributed by atoms with E-state index in [0.29, 0.717) is 12.2 Å². The van der Waals surface area contributed by atoms with E-state index in [1.165, 1.54) is 0 Å². The summed E-state index contributed by atoms with van der Waals surface area (Å²) in [5, 5.41) is 1.97. The number of hydrogen-bond donors (Lipinski definition) is 2. The molecule has 0 saturated carbocycles. The number of rotatable bonds is 5. The summed E-state index contributed by atoms with van der Waals surface area (Å²) in [6, 6.07) is 15.8. The molecule has 0 bridgehead atoms. The highest BCUT2D eigenvalue weighted by Gasteiger charge is 2.24. The van der Waals surface area contributed by atoms with Crippen molar-refractivity contribution in [3.05, 3.63) is 76.1 Å². The lowest BCUT2D eigenvalue weighted by molar-refractivity contribution is -0.496. The quantitative estimate of drug-likeness (QED) is 0.331. The van der Waals surface area contributed by atoms with Crippen molar-refractivity contribution in [3.63, 3.8) is 0 Å². The summed E-state index contributed by atoms with van der Waals surface area (Å²) >= 11 is 0. The SMILES string of the molecule is CC[NH+]=c1cc2oc3cc(C(C)N)c(C)cc3c(-c3ccccc3C(=O)OCC)c-2cc1C.[Cl-]. The van der Waals surface area contributed by atoms with Crippen LogP contribution in [0.25, 0.3) is 33.4 Å². The number of benzene rings is 3. The van der Waals surface area contributed by atoms with E-state index < -0.39 is 0 Å². The third-order valence-corrected chi connectivity index (χ3v) is 6.00. The van der Waals surface area contributed by atoms with Crippen LogP contribution in [0.2, 0.25) is 0 Å². The molecule has 2 aromatic carbocycles. The Morgan fingerprint density at radius 2 is 1.79 bits per heavy atom. The second-order valence-corrected chi connectivity index (χ2v) is 8.43. The number of aryl methyl sites for hydroxylation is 2. The molecule has 0 aromatic heterocycles. The van der Waals surface area contributed by atoms with Crippen molar-refractivity contribution in [2.45, 2.75) is 40.7 Å². The fourth-order valence-corrected chi connectivity index (χ4v) is 4.46. The molecule has 3 N–H and O–H groups in total. The molecule has 0 fully saturated rings. The molecule has 1 aliphatic heterocycles. The molecule has 4 rings (SSSR count). The molecular weight excluding hydrogens is 448 g/mol. The number of nitrogens with one attached hydrogen (secondary N) is 1. The van der Waals surface area contributed by atoms with Crippen molar-refractivity contribution in [1.29, 1.82) is 0 Å². The van der Waals surface area contributed by atoms with Gasteiger partial charge >= 0.3 is 5.97 Å². The van der Waals surface area contributed by atoms with Crippen LogP contribution < -0.4 is 28.5 Å². The molecule has 0 radical (unpaired) electrons. The maximum atomic E-state index is 12.9. The second-order valence-electron chi connectivity index (χ2n) is 8.43. The smallest absolute Gasteiger partial charge is 0.338 e. The molecule has 0 saturated heterocycles. The molecule has 1 aliphatic carbocycles. The van der Waals surface area contributed by atoms with E-state index in [1.807, 2.05) is 50.2 Å². The lowest BCUT2D eigenvalue weighted by atomic mass is 9.88. The Labute approximate surface area is 206 Å². The Kier molecular flexibility index (Phi) is 7.80. The van der Waals surface area contributed by atoms with Crippen LogP contribution in [0.4, 0.5) is 0 Å². The Morgan fingerprint density at radius 1 is 1.06 bits per heavy atom. The fourth-order valence-electron chi connectivity index (χ4n) is 4.46. The Bertz CT molecular complexity index is 1390. The van der Waals surface area contributed by atoms with Crippen LogP contribution in [0, 0.1) is 13.8 Å². The van der Waals surface area contributed by atoms with Crippen molar-refractivity contribution in [1.82, 2.24) is 0 Å². The summed E-state index contributed by atoms with van der Waals surface area (Å²) < 4.78 is 11.8. The zero-order chi connectivity index (χ0) is 23.7. The van der Waals surface area contributed by atoms with Gasteiger partial charge in [0, 0.05) is 28.1 Å². The van der Waals surface area contributed by atoms with E-state index in [0.717, 1.165) is 62.0 Å². The summed E-state index contributed by atoms with van der Waals surface area (Å²) in [5.41, 5.74) is 13.5. The second kappa shape index (κ2) is 10.4. The molecule has 178 valence electrons. The van der Waals surface area contributed by atoms with E-state index in [1.54, 1.807) is 0 Å². The lowest BCUT2D eigenvalue weighted by Crippen LogP contribution is -3.00. The van der Waals surface area contributed by atoms with Crippen LogP contribution in [0.1, 0.15) is 53.9 Å². The van der Waals surface area contributed by atoms with Crippen LogP contribution >= 0.6 is 0 Å². The molecule has 6 heteroatoms. The van der Waals surface area contributed by atoms with Crippen LogP contribution in [-0.4, -0.2) is 19.1 Å². The molecule has 2 aromatic rings. The maximum Gasteiger partial charge on any atom is 0.338 e. The Morgan fingerprint density at radius 3 is 2.47 bits per heavy atom. The minimum atomic E-state index is -0.333. The lowest BCUT2D eigenvalue weighted by Gasteiger charge is -2.19. The van der Waals surface area contributed by atoms with E-state index in [4.69, 9.17) is 14.9 Å². The first kappa shape index (κ1) is 25.5. The minimum Gasteiger partial charge on any atom is -1.00 e. The number of esters is 1. The normalized spacial score (nSPS) is 12.6. The fraction of sp³-hybridized carbons (Fsp3) is 0.286. The van der Waals surface area contributed by atoms with Gasteiger partial charge in [0.1, 0.15) is 17.9 Å². The number of carbonyl (C=O) groups excluding carboxylic acids is 1. The number of carbonyl (C=O) groups is 1. The van der Waals surface area contributed by atoms with Crippen LogP contribution in [-0.2, 0) is 4.74 Å². The monoisotopic (exact) mass is 478 g/mol. The molecule has 1 unspecified atom stereocenters. The molecular formula is C28H31ClN2O3. The summed E-state index contributed by atoms with van der Waals surface area (Å²) in [4.78, 5) is 16.3. The summed E-state index contributed by atoms with van der Waals surface area (Å²) in [6.07, 6.45) is 0. The van der Waals surface area contributed by atoms with Gasteiger partial charge in [0.2, 0.25) is 5.36 Å². The zero-order valence-electron chi connectivity index (χ0n) is 20.3. The standard InChI is InChI=1S/C28H30N2O3.ClH/c1-6-30-24-15-26-23(13-17(24)4)27(19-10-8-9-11-20(19)28(31)32-7-2)22-12-16(3)21(18(5)29)14-25(22)33-26;/h8-15,18H,6-7,29H2,1-5H3;1H. The third-order valence-electron chi connectivity index (χ3n) is 6.00. The number of fused-ring (bicyclic) bond motifs is 2. The molecule has 1 heterocycles. The number of ether oxygens (including phenoxy) is 1. The summed E-state index contributed by atoms with van der Waals surface area (Å²) in [6.45, 7) is 11.1. The van der Waals surface area contributed by atoms with E-state index in [2.05, 4.69) is 37.9 Å². The van der Waals surface area contributed by atoms with Gasteiger partial charge in [-0.2, -0.15) is 0 Å². The van der Waals surface area contributed by atoms with E-state index in [9.17, 15) is 4.79 Å². The van der Waals surface area contributed by atoms with E-state index >= 15 is 0 Å². The molecule has 0 spiro atoms. The van der Waals surface area contributed by atoms with Gasteiger partial charge in [0.15, 0.2) is 0 Å². The van der Waals surface area contributed by atoms with E-state index in [-0.39, 0.29) is 24.4 Å². The molecule has 5 nitrogen and oxygen atoms in total. The number of hydrogen-bond acceptors (Lipinski definition) is 4. The highest BCUT2D eigenvalue weighted by Crippen LogP contribution is 2.42. The number of nitrogens with two attached hydrogens (primary N) is 1. The number of halogens is 1. The maximum absolute atomic E-state index is 12.9. The Hall–Kier alpha value is -3.15. The van der Waals surface area contributed by atoms with Crippen molar-refractivity contribution < 1.29 is 31.3 Å². The minimum absolute atomic E-state index is 0. The largest absolute Gasteiger partial charge is 1.00 e. The predicted molar refractivity (Wildman–Crippen MR) is 131 cm³/mol. The zero-order valence-corrected chi connectivity index (χ0v) is 21.0. The van der Waals surface area contributed by atoms with Crippen molar-refractivity contribution >= 4 is 16.9 Å². The van der Waals surface area contributed by atoms with Crippen LogP contribution in [0.5, 0.6) is 0 Å². The van der Waals surface area contributed by atoms with Gasteiger partial charge < -0.3 is 27.3 Å². The topological polar surface area (TPSA) is 79.4 Å².